The number of unbranched alkanes of at least 4 members (excludes halogenated alkanes) is 1. The average Bonchev–Trinajstić information content (AvgIpc) is 2.64. The SMILES string of the molecule is CCNC(=NCC(O)COC(C)c1ccccc1)NCCCCSC. The molecular formula is C19H33N3O2S. The highest BCUT2D eigenvalue weighted by Gasteiger charge is 2.09. The van der Waals surface area contributed by atoms with Gasteiger partial charge in [-0.15, -0.1) is 0 Å². The molecule has 1 aromatic carbocycles. The summed E-state index contributed by atoms with van der Waals surface area (Å²) in [6, 6.07) is 10.0. The first-order valence-electron chi connectivity index (χ1n) is 9.03. The molecule has 142 valence electrons. The Balaban J connectivity index is 2.31. The molecule has 0 heterocycles. The molecule has 6 heteroatoms. The average molecular weight is 368 g/mol. The second-order valence-corrected chi connectivity index (χ2v) is 6.87. The van der Waals surface area contributed by atoms with Crippen LogP contribution in [0.15, 0.2) is 35.3 Å². The van der Waals surface area contributed by atoms with Gasteiger partial charge in [-0.2, -0.15) is 11.8 Å². The number of nitrogens with one attached hydrogen (secondary N) is 2. The molecule has 1 aromatic rings. The van der Waals surface area contributed by atoms with Crippen LogP contribution in [0, 0.1) is 0 Å². The number of thioether (sulfide) groups is 1. The fourth-order valence-corrected chi connectivity index (χ4v) is 2.74. The van der Waals surface area contributed by atoms with Gasteiger partial charge in [0.25, 0.3) is 0 Å². The van der Waals surface area contributed by atoms with Crippen molar-refractivity contribution in [2.75, 3.05) is 38.2 Å². The maximum atomic E-state index is 10.1. The summed E-state index contributed by atoms with van der Waals surface area (Å²) in [5.41, 5.74) is 1.11. The van der Waals surface area contributed by atoms with Crippen LogP contribution >= 0.6 is 11.8 Å². The molecule has 0 amide bonds. The lowest BCUT2D eigenvalue weighted by Crippen LogP contribution is -2.38. The number of hydrogen-bond donors (Lipinski definition) is 3. The standard InChI is InChI=1S/C19H33N3O2S/c1-4-20-19(21-12-8-9-13-25-3)22-14-18(23)15-24-16(2)17-10-6-5-7-11-17/h5-7,10-11,16,18,23H,4,8-9,12-15H2,1-3H3,(H2,20,21,22). The minimum atomic E-state index is -0.613. The van der Waals surface area contributed by atoms with Crippen molar-refractivity contribution in [3.8, 4) is 0 Å². The van der Waals surface area contributed by atoms with Crippen LogP contribution in [0.5, 0.6) is 0 Å². The van der Waals surface area contributed by atoms with Gasteiger partial charge in [0.2, 0.25) is 0 Å². The van der Waals surface area contributed by atoms with Crippen molar-refractivity contribution >= 4 is 17.7 Å². The van der Waals surface area contributed by atoms with Gasteiger partial charge in [0, 0.05) is 13.1 Å². The molecule has 0 saturated heterocycles. The third-order valence-corrected chi connectivity index (χ3v) is 4.38. The Bertz CT molecular complexity index is 471. The molecule has 2 atom stereocenters. The second kappa shape index (κ2) is 14.0. The first-order chi connectivity index (χ1) is 12.2. The van der Waals surface area contributed by atoms with Gasteiger partial charge in [-0.05, 0) is 44.3 Å². The molecule has 0 radical (unpaired) electrons. The van der Waals surface area contributed by atoms with Gasteiger partial charge >= 0.3 is 0 Å². The molecule has 0 aliphatic heterocycles. The van der Waals surface area contributed by atoms with Gasteiger partial charge in [-0.25, -0.2) is 0 Å². The third kappa shape index (κ3) is 10.4. The maximum absolute atomic E-state index is 10.1. The Kier molecular flexibility index (Phi) is 12.2. The fraction of sp³-hybridized carbons (Fsp3) is 0.632. The first-order valence-corrected chi connectivity index (χ1v) is 10.4. The molecular weight excluding hydrogens is 334 g/mol. The maximum Gasteiger partial charge on any atom is 0.191 e. The van der Waals surface area contributed by atoms with Gasteiger partial charge < -0.3 is 20.5 Å². The number of aliphatic hydroxyl groups is 1. The lowest BCUT2D eigenvalue weighted by Gasteiger charge is -2.16. The molecule has 3 N–H and O–H groups in total. The van der Waals surface area contributed by atoms with Crippen LogP contribution in [0.1, 0.15) is 38.4 Å². The summed E-state index contributed by atoms with van der Waals surface area (Å²) >= 11 is 1.87. The Morgan fingerprint density at radius 3 is 2.68 bits per heavy atom. The molecule has 0 aliphatic rings. The number of aliphatic hydroxyl groups excluding tert-OH is 1. The number of rotatable bonds is 12. The minimum absolute atomic E-state index is 0.0392. The zero-order valence-electron chi connectivity index (χ0n) is 15.7. The molecule has 25 heavy (non-hydrogen) atoms. The zero-order valence-corrected chi connectivity index (χ0v) is 16.5. The van der Waals surface area contributed by atoms with Crippen molar-refractivity contribution in [2.45, 2.75) is 38.9 Å². The number of ether oxygens (including phenoxy) is 1. The van der Waals surface area contributed by atoms with E-state index in [-0.39, 0.29) is 12.7 Å². The highest BCUT2D eigenvalue weighted by molar-refractivity contribution is 7.98. The molecule has 0 saturated carbocycles. The third-order valence-electron chi connectivity index (χ3n) is 3.68. The van der Waals surface area contributed by atoms with Gasteiger partial charge in [-0.3, -0.25) is 4.99 Å². The number of nitrogens with zero attached hydrogens (tertiary/aromatic N) is 1. The Morgan fingerprint density at radius 1 is 1.24 bits per heavy atom. The normalized spacial score (nSPS) is 14.2. The summed E-state index contributed by atoms with van der Waals surface area (Å²) in [5, 5.41) is 16.6. The van der Waals surface area contributed by atoms with Gasteiger partial charge in [0.05, 0.1) is 25.4 Å². The van der Waals surface area contributed by atoms with Crippen LogP contribution in [0.2, 0.25) is 0 Å². The van der Waals surface area contributed by atoms with Gasteiger partial charge in [0.1, 0.15) is 0 Å². The highest BCUT2D eigenvalue weighted by Crippen LogP contribution is 2.15. The summed E-state index contributed by atoms with van der Waals surface area (Å²) in [6.45, 7) is 6.31. The Morgan fingerprint density at radius 2 is 2.00 bits per heavy atom. The monoisotopic (exact) mass is 367 g/mol. The van der Waals surface area contributed by atoms with E-state index in [0.717, 1.165) is 31.0 Å². The molecule has 0 aliphatic carbocycles. The minimum Gasteiger partial charge on any atom is -0.389 e. The van der Waals surface area contributed by atoms with E-state index in [2.05, 4.69) is 21.9 Å². The van der Waals surface area contributed by atoms with Crippen molar-refractivity contribution < 1.29 is 9.84 Å². The fourth-order valence-electron chi connectivity index (χ4n) is 2.24. The molecule has 2 unspecified atom stereocenters. The van der Waals surface area contributed by atoms with Crippen molar-refractivity contribution in [3.05, 3.63) is 35.9 Å². The molecule has 1 rings (SSSR count). The van der Waals surface area contributed by atoms with E-state index in [4.69, 9.17) is 4.74 Å². The van der Waals surface area contributed by atoms with Crippen molar-refractivity contribution in [1.29, 1.82) is 0 Å². The number of aliphatic imine (C=N–C) groups is 1. The van der Waals surface area contributed by atoms with Crippen molar-refractivity contribution in [3.63, 3.8) is 0 Å². The van der Waals surface area contributed by atoms with E-state index in [0.29, 0.717) is 6.54 Å². The lowest BCUT2D eigenvalue weighted by molar-refractivity contribution is 0.00111. The van der Waals surface area contributed by atoms with Crippen LogP contribution < -0.4 is 10.6 Å². The summed E-state index contributed by atoms with van der Waals surface area (Å²) in [6.07, 6.45) is 3.79. The predicted octanol–water partition coefficient (Wildman–Crippen LogP) is 2.82. The summed E-state index contributed by atoms with van der Waals surface area (Å²) in [4.78, 5) is 4.44. The Labute approximate surface area is 156 Å². The molecule has 5 nitrogen and oxygen atoms in total. The number of benzene rings is 1. The van der Waals surface area contributed by atoms with E-state index in [1.165, 1.54) is 12.2 Å². The van der Waals surface area contributed by atoms with E-state index in [1.807, 2.05) is 55.9 Å². The molecule has 0 bridgehead atoms. The predicted molar refractivity (Wildman–Crippen MR) is 108 cm³/mol. The summed E-state index contributed by atoms with van der Waals surface area (Å²) in [5.74, 6) is 1.94. The first kappa shape index (κ1) is 21.8. The largest absolute Gasteiger partial charge is 0.389 e. The molecule has 0 aromatic heterocycles. The van der Waals surface area contributed by atoms with Crippen molar-refractivity contribution in [1.82, 2.24) is 10.6 Å². The van der Waals surface area contributed by atoms with Crippen LogP contribution in [0.3, 0.4) is 0 Å². The number of hydrogen-bond acceptors (Lipinski definition) is 4. The van der Waals surface area contributed by atoms with E-state index in [9.17, 15) is 5.11 Å². The summed E-state index contributed by atoms with van der Waals surface area (Å²) in [7, 11) is 0. The van der Waals surface area contributed by atoms with Crippen LogP contribution in [0.25, 0.3) is 0 Å². The highest BCUT2D eigenvalue weighted by atomic mass is 32.2. The second-order valence-electron chi connectivity index (χ2n) is 5.89. The number of guanidine groups is 1. The lowest BCUT2D eigenvalue weighted by atomic mass is 10.1. The van der Waals surface area contributed by atoms with Gasteiger partial charge in [0.15, 0.2) is 5.96 Å². The van der Waals surface area contributed by atoms with Gasteiger partial charge in [-0.1, -0.05) is 30.3 Å². The smallest absolute Gasteiger partial charge is 0.191 e. The molecule has 0 fully saturated rings. The molecule has 0 spiro atoms. The van der Waals surface area contributed by atoms with E-state index < -0.39 is 6.10 Å². The Hall–Kier alpha value is -1.24. The zero-order chi connectivity index (χ0) is 18.3. The van der Waals surface area contributed by atoms with Crippen LogP contribution in [0.4, 0.5) is 0 Å². The van der Waals surface area contributed by atoms with Crippen molar-refractivity contribution in [2.24, 2.45) is 4.99 Å². The summed E-state index contributed by atoms with van der Waals surface area (Å²) < 4.78 is 5.75. The van der Waals surface area contributed by atoms with Crippen LogP contribution in [-0.2, 0) is 4.74 Å². The van der Waals surface area contributed by atoms with E-state index in [1.54, 1.807) is 0 Å². The topological polar surface area (TPSA) is 65.9 Å². The van der Waals surface area contributed by atoms with Crippen LogP contribution in [-0.4, -0.2) is 55.4 Å². The van der Waals surface area contributed by atoms with E-state index >= 15 is 0 Å². The quantitative estimate of drug-likeness (QED) is 0.301.